The fraction of sp³-hybridized carbons (Fsp3) is 0.214. The summed E-state index contributed by atoms with van der Waals surface area (Å²) in [4.78, 5) is 13.7. The van der Waals surface area contributed by atoms with E-state index in [-0.39, 0.29) is 6.04 Å². The molecule has 0 aliphatic heterocycles. The highest BCUT2D eigenvalue weighted by molar-refractivity contribution is 5.73. The second-order valence-electron chi connectivity index (χ2n) is 4.40. The van der Waals surface area contributed by atoms with Gasteiger partial charge in [0, 0.05) is 12.0 Å². The molecule has 0 bridgehead atoms. The summed E-state index contributed by atoms with van der Waals surface area (Å²) < 4.78 is 10.4. The van der Waals surface area contributed by atoms with Crippen LogP contribution in [0.5, 0.6) is 0 Å². The standard InChI is InChI=1S/C14H14N2O3/c1-2-11-9(5-6-18-11)13(15)8-3-4-10-12(7-8)19-14(17)16-10/h3-7,13H,2,15H2,1H3,(H,16,17). The van der Waals surface area contributed by atoms with Crippen molar-refractivity contribution < 1.29 is 8.83 Å². The number of H-pyrrole nitrogens is 1. The zero-order valence-electron chi connectivity index (χ0n) is 10.5. The first-order chi connectivity index (χ1) is 9.19. The fourth-order valence-electron chi connectivity index (χ4n) is 2.25. The van der Waals surface area contributed by atoms with Crippen molar-refractivity contribution in [3.05, 3.63) is 58.0 Å². The lowest BCUT2D eigenvalue weighted by atomic mass is 9.99. The Hall–Kier alpha value is -2.27. The van der Waals surface area contributed by atoms with Gasteiger partial charge < -0.3 is 14.6 Å². The van der Waals surface area contributed by atoms with E-state index in [1.54, 1.807) is 18.4 Å². The van der Waals surface area contributed by atoms with E-state index in [0.717, 1.165) is 23.3 Å². The molecule has 98 valence electrons. The number of nitrogens with two attached hydrogens (primary N) is 1. The zero-order valence-corrected chi connectivity index (χ0v) is 10.5. The van der Waals surface area contributed by atoms with Crippen molar-refractivity contribution in [1.82, 2.24) is 4.98 Å². The number of hydrogen-bond acceptors (Lipinski definition) is 4. The minimum absolute atomic E-state index is 0.293. The third-order valence-electron chi connectivity index (χ3n) is 3.24. The molecule has 3 aromatic rings. The number of benzene rings is 1. The van der Waals surface area contributed by atoms with E-state index >= 15 is 0 Å². The summed E-state index contributed by atoms with van der Waals surface area (Å²) in [6.07, 6.45) is 2.43. The van der Waals surface area contributed by atoms with Gasteiger partial charge in [-0.1, -0.05) is 13.0 Å². The molecule has 3 rings (SSSR count). The van der Waals surface area contributed by atoms with Crippen LogP contribution in [0.2, 0.25) is 0 Å². The molecule has 0 fully saturated rings. The third kappa shape index (κ3) is 1.98. The average molecular weight is 258 g/mol. The predicted molar refractivity (Wildman–Crippen MR) is 71.0 cm³/mol. The van der Waals surface area contributed by atoms with Crippen molar-refractivity contribution in [3.8, 4) is 0 Å². The molecule has 0 aliphatic rings. The van der Waals surface area contributed by atoms with Crippen LogP contribution >= 0.6 is 0 Å². The van der Waals surface area contributed by atoms with E-state index in [2.05, 4.69) is 4.98 Å². The number of oxazole rings is 1. The van der Waals surface area contributed by atoms with Crippen molar-refractivity contribution in [3.63, 3.8) is 0 Å². The number of aromatic nitrogens is 1. The molecule has 1 aromatic carbocycles. The van der Waals surface area contributed by atoms with E-state index in [1.165, 1.54) is 0 Å². The molecule has 0 aliphatic carbocycles. The average Bonchev–Trinajstić information content (AvgIpc) is 3.01. The molecule has 5 nitrogen and oxygen atoms in total. The van der Waals surface area contributed by atoms with Crippen LogP contribution in [0.25, 0.3) is 11.1 Å². The maximum atomic E-state index is 11.1. The highest BCUT2D eigenvalue weighted by atomic mass is 16.4. The molecular weight excluding hydrogens is 244 g/mol. The normalized spacial score (nSPS) is 12.9. The quantitative estimate of drug-likeness (QED) is 0.755. The molecule has 2 aromatic heterocycles. The number of hydrogen-bond donors (Lipinski definition) is 2. The summed E-state index contributed by atoms with van der Waals surface area (Å²) in [5, 5.41) is 0. The Labute approximate surface area is 109 Å². The number of fused-ring (bicyclic) bond motifs is 1. The SMILES string of the molecule is CCc1occc1C(N)c1ccc2[nH]c(=O)oc2c1. The number of rotatable bonds is 3. The monoisotopic (exact) mass is 258 g/mol. The van der Waals surface area contributed by atoms with E-state index in [1.807, 2.05) is 19.1 Å². The van der Waals surface area contributed by atoms with Crippen molar-refractivity contribution in [2.24, 2.45) is 5.73 Å². The maximum Gasteiger partial charge on any atom is 0.417 e. The number of nitrogens with one attached hydrogen (secondary N) is 1. The Morgan fingerprint density at radius 3 is 3.00 bits per heavy atom. The molecule has 5 heteroatoms. The van der Waals surface area contributed by atoms with Gasteiger partial charge in [0.1, 0.15) is 5.76 Å². The van der Waals surface area contributed by atoms with Crippen LogP contribution < -0.4 is 11.5 Å². The van der Waals surface area contributed by atoms with E-state index in [0.29, 0.717) is 11.1 Å². The Morgan fingerprint density at radius 1 is 1.37 bits per heavy atom. The second kappa shape index (κ2) is 4.44. The molecule has 3 N–H and O–H groups in total. The largest absolute Gasteiger partial charge is 0.469 e. The second-order valence-corrected chi connectivity index (χ2v) is 4.40. The Kier molecular flexibility index (Phi) is 2.76. The smallest absolute Gasteiger partial charge is 0.417 e. The summed E-state index contributed by atoms with van der Waals surface area (Å²) in [6, 6.07) is 7.04. The molecule has 0 radical (unpaired) electrons. The molecule has 0 amide bonds. The molecule has 1 atom stereocenters. The highest BCUT2D eigenvalue weighted by Crippen LogP contribution is 2.26. The van der Waals surface area contributed by atoms with Crippen LogP contribution in [0, 0.1) is 0 Å². The van der Waals surface area contributed by atoms with Gasteiger partial charge in [0.05, 0.1) is 17.8 Å². The predicted octanol–water partition coefficient (Wildman–Crippen LogP) is 2.32. The lowest BCUT2D eigenvalue weighted by Crippen LogP contribution is -2.12. The van der Waals surface area contributed by atoms with Crippen LogP contribution in [0.1, 0.15) is 29.9 Å². The number of aryl methyl sites for hydroxylation is 1. The lowest BCUT2D eigenvalue weighted by molar-refractivity contribution is 0.509. The molecule has 19 heavy (non-hydrogen) atoms. The maximum absolute atomic E-state index is 11.1. The van der Waals surface area contributed by atoms with E-state index < -0.39 is 5.76 Å². The fourth-order valence-corrected chi connectivity index (χ4v) is 2.25. The van der Waals surface area contributed by atoms with Gasteiger partial charge in [-0.05, 0) is 23.8 Å². The summed E-state index contributed by atoms with van der Waals surface area (Å²) in [6.45, 7) is 2.02. The molecule has 0 spiro atoms. The van der Waals surface area contributed by atoms with Gasteiger partial charge in [-0.15, -0.1) is 0 Å². The lowest BCUT2D eigenvalue weighted by Gasteiger charge is -2.11. The summed E-state index contributed by atoms with van der Waals surface area (Å²) in [5.41, 5.74) is 9.27. The first-order valence-electron chi connectivity index (χ1n) is 6.13. The minimum atomic E-state index is -0.460. The first-order valence-corrected chi connectivity index (χ1v) is 6.13. The zero-order chi connectivity index (χ0) is 13.4. The highest BCUT2D eigenvalue weighted by Gasteiger charge is 2.16. The van der Waals surface area contributed by atoms with Crippen molar-refractivity contribution in [2.75, 3.05) is 0 Å². The van der Waals surface area contributed by atoms with Crippen LogP contribution in [0.3, 0.4) is 0 Å². The number of furan rings is 1. The Morgan fingerprint density at radius 2 is 2.21 bits per heavy atom. The van der Waals surface area contributed by atoms with Gasteiger partial charge in [-0.25, -0.2) is 4.79 Å². The van der Waals surface area contributed by atoms with Crippen LogP contribution in [0.4, 0.5) is 0 Å². The van der Waals surface area contributed by atoms with Gasteiger partial charge in [0.25, 0.3) is 0 Å². The molecule has 0 saturated carbocycles. The van der Waals surface area contributed by atoms with Gasteiger partial charge >= 0.3 is 5.76 Å². The van der Waals surface area contributed by atoms with Crippen molar-refractivity contribution >= 4 is 11.1 Å². The first kappa shape index (κ1) is 11.8. The van der Waals surface area contributed by atoms with Crippen molar-refractivity contribution in [2.45, 2.75) is 19.4 Å². The van der Waals surface area contributed by atoms with Crippen molar-refractivity contribution in [1.29, 1.82) is 0 Å². The summed E-state index contributed by atoms with van der Waals surface area (Å²) in [5.74, 6) is 0.418. The van der Waals surface area contributed by atoms with Gasteiger partial charge in [-0.3, -0.25) is 4.98 Å². The van der Waals surface area contributed by atoms with Crippen LogP contribution in [-0.2, 0) is 6.42 Å². The molecular formula is C14H14N2O3. The van der Waals surface area contributed by atoms with Crippen LogP contribution in [0.15, 0.2) is 44.2 Å². The topological polar surface area (TPSA) is 85.2 Å². The molecule has 2 heterocycles. The van der Waals surface area contributed by atoms with Gasteiger partial charge in [0.2, 0.25) is 0 Å². The Bertz CT molecular complexity index is 766. The molecule has 0 saturated heterocycles. The Balaban J connectivity index is 2.05. The number of aromatic amines is 1. The summed E-state index contributed by atoms with van der Waals surface area (Å²) >= 11 is 0. The van der Waals surface area contributed by atoms with Crippen LogP contribution in [-0.4, -0.2) is 4.98 Å². The van der Waals surface area contributed by atoms with E-state index in [9.17, 15) is 4.79 Å². The van der Waals surface area contributed by atoms with Gasteiger partial charge in [0.15, 0.2) is 5.58 Å². The minimum Gasteiger partial charge on any atom is -0.469 e. The third-order valence-corrected chi connectivity index (χ3v) is 3.24. The molecule has 1 unspecified atom stereocenters. The summed E-state index contributed by atoms with van der Waals surface area (Å²) in [7, 11) is 0. The van der Waals surface area contributed by atoms with Gasteiger partial charge in [-0.2, -0.15) is 0 Å². The van der Waals surface area contributed by atoms with E-state index in [4.69, 9.17) is 14.6 Å².